The zero-order chi connectivity index (χ0) is 22.1. The number of rotatable bonds is 3. The molecule has 0 atom stereocenters. The summed E-state index contributed by atoms with van der Waals surface area (Å²) in [6.45, 7) is 0. The molecule has 0 unspecified atom stereocenters. The van der Waals surface area contributed by atoms with E-state index in [0.717, 1.165) is 37.8 Å². The van der Waals surface area contributed by atoms with E-state index in [1.165, 1.54) is 11.3 Å². The fourth-order valence-electron chi connectivity index (χ4n) is 3.53. The van der Waals surface area contributed by atoms with Crippen molar-refractivity contribution < 1.29 is 0 Å². The molecule has 0 aliphatic carbocycles. The highest BCUT2D eigenvalue weighted by Gasteiger charge is 2.17. The molecule has 32 heavy (non-hydrogen) atoms. The first kappa shape index (κ1) is 20.0. The predicted octanol–water partition coefficient (Wildman–Crippen LogP) is 4.90. The molecule has 0 saturated heterocycles. The van der Waals surface area contributed by atoms with Crippen molar-refractivity contribution in [3.05, 3.63) is 95.3 Å². The largest absolute Gasteiger partial charge is 0.384 e. The maximum Gasteiger partial charge on any atom is 0.193 e. The van der Waals surface area contributed by atoms with Crippen LogP contribution in [0.15, 0.2) is 94.9 Å². The molecule has 0 aliphatic rings. The number of para-hydroxylation sites is 3. The third-order valence-corrected chi connectivity index (χ3v) is 6.43. The molecular formula is C25H22N6S. The van der Waals surface area contributed by atoms with Gasteiger partial charge in [0.25, 0.3) is 0 Å². The molecule has 6 nitrogen and oxygen atoms in total. The molecule has 0 aliphatic heterocycles. The van der Waals surface area contributed by atoms with Crippen LogP contribution in [0.5, 0.6) is 0 Å². The second kappa shape index (κ2) is 8.28. The highest BCUT2D eigenvalue weighted by Crippen LogP contribution is 2.30. The number of nitrogens with zero attached hydrogens (tertiary/aromatic N) is 5. The average molecular weight is 439 g/mol. The zero-order valence-corrected chi connectivity index (χ0v) is 18.6. The van der Waals surface area contributed by atoms with Crippen molar-refractivity contribution in [3.63, 3.8) is 0 Å². The highest BCUT2D eigenvalue weighted by molar-refractivity contribution is 7.13. The van der Waals surface area contributed by atoms with Gasteiger partial charge in [0.2, 0.25) is 0 Å². The predicted molar refractivity (Wildman–Crippen MR) is 132 cm³/mol. The van der Waals surface area contributed by atoms with Gasteiger partial charge in [0.05, 0.1) is 16.7 Å². The number of benzene rings is 3. The number of hydrogen-bond donors (Lipinski definition) is 1. The van der Waals surface area contributed by atoms with Gasteiger partial charge in [0.1, 0.15) is 10.7 Å². The first-order chi connectivity index (χ1) is 15.6. The fraction of sp³-hybridized carbons (Fsp3) is 0.0800. The number of nitrogen functional groups attached to an aromatic ring is 1. The van der Waals surface area contributed by atoms with Gasteiger partial charge in [-0.05, 0) is 24.3 Å². The van der Waals surface area contributed by atoms with E-state index in [1.807, 2.05) is 97.5 Å². The van der Waals surface area contributed by atoms with Crippen LogP contribution in [-0.4, -0.2) is 20.0 Å². The van der Waals surface area contributed by atoms with Crippen molar-refractivity contribution in [2.24, 2.45) is 24.1 Å². The van der Waals surface area contributed by atoms with Gasteiger partial charge >= 0.3 is 0 Å². The number of amidine groups is 1. The molecule has 0 fully saturated rings. The normalized spacial score (nSPS) is 12.6. The second-order valence-electron chi connectivity index (χ2n) is 7.39. The van der Waals surface area contributed by atoms with E-state index in [-0.39, 0.29) is 0 Å². The summed E-state index contributed by atoms with van der Waals surface area (Å²) in [6, 6.07) is 27.9. The summed E-state index contributed by atoms with van der Waals surface area (Å²) in [4.78, 5) is 16.2. The number of aliphatic imine (C=N–C) groups is 1. The Hall–Kier alpha value is -3.97. The monoisotopic (exact) mass is 438 g/mol. The van der Waals surface area contributed by atoms with E-state index in [1.54, 1.807) is 0 Å². The Morgan fingerprint density at radius 1 is 0.844 bits per heavy atom. The number of aromatic nitrogens is 3. The second-order valence-corrected chi connectivity index (χ2v) is 8.37. The van der Waals surface area contributed by atoms with Crippen molar-refractivity contribution >= 4 is 39.7 Å². The van der Waals surface area contributed by atoms with Crippen LogP contribution < -0.4 is 10.5 Å². The molecule has 0 bridgehead atoms. The minimum absolute atomic E-state index is 0.624. The smallest absolute Gasteiger partial charge is 0.193 e. The van der Waals surface area contributed by atoms with Crippen LogP contribution in [0.4, 0.5) is 11.5 Å². The summed E-state index contributed by atoms with van der Waals surface area (Å²) in [5.74, 6) is 2.08. The lowest BCUT2D eigenvalue weighted by Gasteiger charge is -2.02. The molecule has 5 aromatic rings. The molecule has 5 rings (SSSR count). The SMILES string of the molecule is Cn1c(N)c(-c2nc3ccccc3n2C)sc1=NC(=Nc1ccccc1)c1ccccc1. The molecular weight excluding hydrogens is 416 g/mol. The number of fused-ring (bicyclic) bond motifs is 1. The van der Waals surface area contributed by atoms with Gasteiger partial charge in [-0.25, -0.2) is 15.0 Å². The van der Waals surface area contributed by atoms with Gasteiger partial charge < -0.3 is 14.9 Å². The van der Waals surface area contributed by atoms with E-state index in [4.69, 9.17) is 20.7 Å². The molecule has 2 heterocycles. The zero-order valence-electron chi connectivity index (χ0n) is 17.8. The number of hydrogen-bond acceptors (Lipinski definition) is 4. The number of imidazole rings is 1. The summed E-state index contributed by atoms with van der Waals surface area (Å²) < 4.78 is 3.96. The lowest BCUT2D eigenvalue weighted by molar-refractivity contribution is 0.888. The van der Waals surface area contributed by atoms with Crippen molar-refractivity contribution in [1.29, 1.82) is 0 Å². The van der Waals surface area contributed by atoms with E-state index in [2.05, 4.69) is 10.6 Å². The van der Waals surface area contributed by atoms with Gasteiger partial charge in [-0.1, -0.05) is 72.0 Å². The van der Waals surface area contributed by atoms with E-state index in [9.17, 15) is 0 Å². The number of nitrogens with two attached hydrogens (primary N) is 1. The van der Waals surface area contributed by atoms with Crippen LogP contribution in [0.1, 0.15) is 5.56 Å². The van der Waals surface area contributed by atoms with Crippen LogP contribution in [0.3, 0.4) is 0 Å². The molecule has 7 heteroatoms. The molecule has 2 N–H and O–H groups in total. The lowest BCUT2D eigenvalue weighted by Crippen LogP contribution is -2.15. The minimum Gasteiger partial charge on any atom is -0.384 e. The molecule has 0 saturated carbocycles. The van der Waals surface area contributed by atoms with Crippen LogP contribution in [0.2, 0.25) is 0 Å². The van der Waals surface area contributed by atoms with Crippen LogP contribution in [-0.2, 0) is 14.1 Å². The van der Waals surface area contributed by atoms with Crippen LogP contribution in [0.25, 0.3) is 21.7 Å². The van der Waals surface area contributed by atoms with Gasteiger partial charge in [0, 0.05) is 19.7 Å². The van der Waals surface area contributed by atoms with Gasteiger partial charge in [-0.2, -0.15) is 0 Å². The lowest BCUT2D eigenvalue weighted by atomic mass is 10.2. The molecule has 3 aromatic carbocycles. The Kier molecular flexibility index (Phi) is 5.17. The topological polar surface area (TPSA) is 73.5 Å². The van der Waals surface area contributed by atoms with Crippen molar-refractivity contribution in [1.82, 2.24) is 14.1 Å². The Bertz CT molecular complexity index is 1490. The Morgan fingerprint density at radius 2 is 1.50 bits per heavy atom. The number of anilines is 1. The van der Waals surface area contributed by atoms with Gasteiger partial charge in [-0.15, -0.1) is 0 Å². The maximum absolute atomic E-state index is 6.51. The maximum atomic E-state index is 6.51. The number of thiazole rings is 1. The molecule has 2 aromatic heterocycles. The summed E-state index contributed by atoms with van der Waals surface area (Å²) >= 11 is 1.51. The van der Waals surface area contributed by atoms with Gasteiger partial charge in [-0.3, -0.25) is 0 Å². The Labute approximate surface area is 189 Å². The van der Waals surface area contributed by atoms with E-state index >= 15 is 0 Å². The Balaban J connectivity index is 1.68. The van der Waals surface area contributed by atoms with Crippen molar-refractivity contribution in [2.75, 3.05) is 5.73 Å². The Morgan fingerprint density at radius 3 is 2.22 bits per heavy atom. The summed E-state index contributed by atoms with van der Waals surface area (Å²) in [6.07, 6.45) is 0. The average Bonchev–Trinajstić information content (AvgIpc) is 3.31. The fourth-order valence-corrected chi connectivity index (χ4v) is 4.60. The summed E-state index contributed by atoms with van der Waals surface area (Å²) in [7, 11) is 3.93. The minimum atomic E-state index is 0.624. The third kappa shape index (κ3) is 3.63. The first-order valence-corrected chi connectivity index (χ1v) is 11.0. The third-order valence-electron chi connectivity index (χ3n) is 5.29. The summed E-state index contributed by atoms with van der Waals surface area (Å²) in [5, 5.41) is 0. The van der Waals surface area contributed by atoms with Crippen LogP contribution >= 0.6 is 11.3 Å². The summed E-state index contributed by atoms with van der Waals surface area (Å²) in [5.41, 5.74) is 10.3. The van der Waals surface area contributed by atoms with Crippen LogP contribution in [0, 0.1) is 0 Å². The molecule has 158 valence electrons. The first-order valence-electron chi connectivity index (χ1n) is 10.2. The van der Waals surface area contributed by atoms with Gasteiger partial charge in [0.15, 0.2) is 16.5 Å². The standard InChI is InChI=1S/C25H22N6S/c1-30-20-16-10-9-15-19(20)28-24(30)21-22(26)31(2)25(32-21)29-23(17-11-5-3-6-12-17)27-18-13-7-4-8-14-18/h3-16H,26H2,1-2H3. The van der Waals surface area contributed by atoms with E-state index < -0.39 is 0 Å². The quantitative estimate of drug-likeness (QED) is 0.321. The van der Waals surface area contributed by atoms with E-state index in [0.29, 0.717) is 11.7 Å². The highest BCUT2D eigenvalue weighted by atomic mass is 32.1. The molecule has 0 spiro atoms. The molecule has 0 amide bonds. The molecule has 0 radical (unpaired) electrons. The number of aryl methyl sites for hydroxylation is 1. The van der Waals surface area contributed by atoms with Crippen molar-refractivity contribution in [3.8, 4) is 10.7 Å². The van der Waals surface area contributed by atoms with Crippen molar-refractivity contribution in [2.45, 2.75) is 0 Å².